The van der Waals surface area contributed by atoms with E-state index < -0.39 is 27.4 Å². The number of anilines is 1. The Kier molecular flexibility index (Phi) is 4.27. The highest BCUT2D eigenvalue weighted by Crippen LogP contribution is 2.19. The van der Waals surface area contributed by atoms with Crippen molar-refractivity contribution < 1.29 is 22.0 Å². The molecule has 0 bridgehead atoms. The number of carbonyl (C=O) groups excluding carboxylic acids is 1. The van der Waals surface area contributed by atoms with Gasteiger partial charge < -0.3 is 4.90 Å². The van der Waals surface area contributed by atoms with Crippen molar-refractivity contribution >= 4 is 21.4 Å². The van der Waals surface area contributed by atoms with Crippen molar-refractivity contribution in [3.63, 3.8) is 0 Å². The number of amides is 1. The van der Waals surface area contributed by atoms with E-state index in [-0.39, 0.29) is 16.1 Å². The second kappa shape index (κ2) is 5.84. The van der Waals surface area contributed by atoms with Crippen molar-refractivity contribution in [1.29, 1.82) is 0 Å². The maximum absolute atomic E-state index is 13.2. The zero-order valence-corrected chi connectivity index (χ0v) is 12.7. The third-order valence-electron chi connectivity index (χ3n) is 3.12. The lowest BCUT2D eigenvalue weighted by molar-refractivity contribution is 0.0993. The van der Waals surface area contributed by atoms with Crippen LogP contribution in [0.25, 0.3) is 0 Å². The molecule has 0 heterocycles. The normalized spacial score (nSPS) is 11.3. The highest BCUT2D eigenvalue weighted by atomic mass is 32.2. The number of halogens is 2. The Morgan fingerprint density at radius 2 is 1.59 bits per heavy atom. The molecule has 116 valence electrons. The Balaban J connectivity index is 2.29. The molecule has 1 amide bonds. The number of hydrogen-bond donors (Lipinski definition) is 0. The summed E-state index contributed by atoms with van der Waals surface area (Å²) in [6.45, 7) is 0. The van der Waals surface area contributed by atoms with Crippen molar-refractivity contribution in [2.75, 3.05) is 18.2 Å². The summed E-state index contributed by atoms with van der Waals surface area (Å²) in [6, 6.07) is 8.51. The van der Waals surface area contributed by atoms with Crippen LogP contribution in [-0.2, 0) is 9.84 Å². The maximum atomic E-state index is 13.2. The lowest BCUT2D eigenvalue weighted by atomic mass is 10.2. The molecule has 0 N–H and O–H groups in total. The Hall–Kier alpha value is -2.28. The standard InChI is InChI=1S/C15H13F2NO3S/c1-18(11-5-8-13(16)14(17)9-11)15(19)10-3-6-12(7-4-10)22(2,20)21/h3-9H,1-2H3. The number of nitrogens with zero attached hydrogens (tertiary/aromatic N) is 1. The van der Waals surface area contributed by atoms with Crippen molar-refractivity contribution in [3.05, 3.63) is 59.7 Å². The molecular weight excluding hydrogens is 312 g/mol. The van der Waals surface area contributed by atoms with Crippen LogP contribution >= 0.6 is 0 Å². The first-order chi connectivity index (χ1) is 10.2. The molecule has 0 unspecified atom stereocenters. The topological polar surface area (TPSA) is 54.5 Å². The molecule has 0 aliphatic heterocycles. The van der Waals surface area contributed by atoms with Gasteiger partial charge in [-0.15, -0.1) is 0 Å². The van der Waals surface area contributed by atoms with Gasteiger partial charge in [-0.05, 0) is 36.4 Å². The van der Waals surface area contributed by atoms with Crippen LogP contribution in [0.2, 0.25) is 0 Å². The van der Waals surface area contributed by atoms with Crippen LogP contribution in [-0.4, -0.2) is 27.6 Å². The summed E-state index contributed by atoms with van der Waals surface area (Å²) >= 11 is 0. The second-order valence-corrected chi connectivity index (χ2v) is 6.77. The van der Waals surface area contributed by atoms with E-state index in [4.69, 9.17) is 0 Å². The zero-order chi connectivity index (χ0) is 16.5. The molecular formula is C15H13F2NO3S. The van der Waals surface area contributed by atoms with Gasteiger partial charge in [-0.3, -0.25) is 4.79 Å². The molecule has 2 aromatic carbocycles. The number of sulfone groups is 1. The van der Waals surface area contributed by atoms with Crippen LogP contribution in [0, 0.1) is 11.6 Å². The van der Waals surface area contributed by atoms with E-state index >= 15 is 0 Å². The summed E-state index contributed by atoms with van der Waals surface area (Å²) in [6.07, 6.45) is 1.07. The fraction of sp³-hybridized carbons (Fsp3) is 0.133. The van der Waals surface area contributed by atoms with Crippen molar-refractivity contribution in [3.8, 4) is 0 Å². The summed E-state index contributed by atoms with van der Waals surface area (Å²) in [5.41, 5.74) is 0.427. The van der Waals surface area contributed by atoms with Crippen LogP contribution in [0.5, 0.6) is 0 Å². The van der Waals surface area contributed by atoms with E-state index in [0.29, 0.717) is 0 Å². The molecule has 0 aliphatic rings. The van der Waals surface area contributed by atoms with Gasteiger partial charge in [0, 0.05) is 30.6 Å². The van der Waals surface area contributed by atoms with Gasteiger partial charge in [0.15, 0.2) is 21.5 Å². The summed E-state index contributed by atoms with van der Waals surface area (Å²) in [4.78, 5) is 13.5. The van der Waals surface area contributed by atoms with Gasteiger partial charge in [0.1, 0.15) is 0 Å². The average molecular weight is 325 g/mol. The molecule has 0 atom stereocenters. The van der Waals surface area contributed by atoms with E-state index in [0.717, 1.165) is 23.3 Å². The molecule has 0 aromatic heterocycles. The van der Waals surface area contributed by atoms with E-state index in [2.05, 4.69) is 0 Å². The number of benzene rings is 2. The lowest BCUT2D eigenvalue weighted by Gasteiger charge is -2.17. The predicted octanol–water partition coefficient (Wildman–Crippen LogP) is 2.64. The first kappa shape index (κ1) is 16.1. The van der Waals surface area contributed by atoms with Gasteiger partial charge in [-0.25, -0.2) is 17.2 Å². The summed E-state index contributed by atoms with van der Waals surface area (Å²) < 4.78 is 48.8. The largest absolute Gasteiger partial charge is 0.311 e. The van der Waals surface area contributed by atoms with E-state index in [9.17, 15) is 22.0 Å². The molecule has 4 nitrogen and oxygen atoms in total. The van der Waals surface area contributed by atoms with Crippen molar-refractivity contribution in [1.82, 2.24) is 0 Å². The average Bonchev–Trinajstić information content (AvgIpc) is 2.48. The second-order valence-electron chi connectivity index (χ2n) is 4.76. The highest BCUT2D eigenvalue weighted by Gasteiger charge is 2.16. The smallest absolute Gasteiger partial charge is 0.258 e. The van der Waals surface area contributed by atoms with Gasteiger partial charge in [0.2, 0.25) is 0 Å². The summed E-state index contributed by atoms with van der Waals surface area (Å²) in [5, 5.41) is 0. The summed E-state index contributed by atoms with van der Waals surface area (Å²) in [7, 11) is -1.93. The van der Waals surface area contributed by atoms with E-state index in [1.54, 1.807) is 0 Å². The fourth-order valence-corrected chi connectivity index (χ4v) is 2.48. The molecule has 0 radical (unpaired) electrons. The zero-order valence-electron chi connectivity index (χ0n) is 11.9. The Morgan fingerprint density at radius 3 is 2.09 bits per heavy atom. The van der Waals surface area contributed by atoms with Crippen LogP contribution < -0.4 is 4.90 Å². The van der Waals surface area contributed by atoms with Crippen LogP contribution in [0.1, 0.15) is 10.4 Å². The van der Waals surface area contributed by atoms with Crippen LogP contribution in [0.4, 0.5) is 14.5 Å². The summed E-state index contributed by atoms with van der Waals surface area (Å²) in [5.74, 6) is -2.52. The van der Waals surface area contributed by atoms with Crippen molar-refractivity contribution in [2.45, 2.75) is 4.90 Å². The molecule has 0 spiro atoms. The Bertz CT molecular complexity index is 817. The molecule has 0 saturated heterocycles. The molecule has 0 fully saturated rings. The minimum absolute atomic E-state index is 0.0968. The first-order valence-electron chi connectivity index (χ1n) is 6.23. The third kappa shape index (κ3) is 3.30. The SMILES string of the molecule is CN(C(=O)c1ccc(S(C)(=O)=O)cc1)c1ccc(F)c(F)c1. The molecule has 2 aromatic rings. The van der Waals surface area contributed by atoms with Crippen molar-refractivity contribution in [2.24, 2.45) is 0 Å². The number of rotatable bonds is 3. The van der Waals surface area contributed by atoms with Crippen LogP contribution in [0.3, 0.4) is 0 Å². The van der Waals surface area contributed by atoms with E-state index in [1.807, 2.05) is 0 Å². The monoisotopic (exact) mass is 325 g/mol. The fourth-order valence-electron chi connectivity index (χ4n) is 1.85. The quantitative estimate of drug-likeness (QED) is 0.872. The van der Waals surface area contributed by atoms with Crippen LogP contribution in [0.15, 0.2) is 47.4 Å². The van der Waals surface area contributed by atoms with Gasteiger partial charge in [-0.2, -0.15) is 0 Å². The van der Waals surface area contributed by atoms with Gasteiger partial charge in [0.25, 0.3) is 5.91 Å². The lowest BCUT2D eigenvalue weighted by Crippen LogP contribution is -2.26. The van der Waals surface area contributed by atoms with E-state index in [1.165, 1.54) is 37.4 Å². The molecule has 0 aliphatic carbocycles. The van der Waals surface area contributed by atoms with Gasteiger partial charge in [-0.1, -0.05) is 0 Å². The highest BCUT2D eigenvalue weighted by molar-refractivity contribution is 7.90. The minimum Gasteiger partial charge on any atom is -0.311 e. The maximum Gasteiger partial charge on any atom is 0.258 e. The molecule has 7 heteroatoms. The first-order valence-corrected chi connectivity index (χ1v) is 8.12. The van der Waals surface area contributed by atoms with Gasteiger partial charge >= 0.3 is 0 Å². The minimum atomic E-state index is -3.34. The molecule has 2 rings (SSSR count). The Morgan fingerprint density at radius 1 is 1.00 bits per heavy atom. The molecule has 22 heavy (non-hydrogen) atoms. The van der Waals surface area contributed by atoms with Gasteiger partial charge in [0.05, 0.1) is 4.90 Å². The number of hydrogen-bond acceptors (Lipinski definition) is 3. The molecule has 0 saturated carbocycles. The predicted molar refractivity (Wildman–Crippen MR) is 78.6 cm³/mol. The third-order valence-corrected chi connectivity index (χ3v) is 4.25. The Labute approximate surface area is 126 Å². The number of carbonyl (C=O) groups is 1.